The highest BCUT2D eigenvalue weighted by molar-refractivity contribution is 14.0. The number of piperidine rings is 1. The van der Waals surface area contributed by atoms with Crippen LogP contribution in [0.1, 0.15) is 50.2 Å². The summed E-state index contributed by atoms with van der Waals surface area (Å²) >= 11 is 0. The molecule has 28 heavy (non-hydrogen) atoms. The first-order valence-corrected chi connectivity index (χ1v) is 10.4. The van der Waals surface area contributed by atoms with Crippen molar-refractivity contribution in [3.8, 4) is 0 Å². The molecule has 1 fully saturated rings. The van der Waals surface area contributed by atoms with E-state index in [1.165, 1.54) is 38.5 Å². The molecule has 0 atom stereocenters. The third kappa shape index (κ3) is 5.46. The molecule has 0 saturated carbocycles. The van der Waals surface area contributed by atoms with Gasteiger partial charge in [-0.2, -0.15) is 0 Å². The molecule has 3 heterocycles. The fourth-order valence-electron chi connectivity index (χ4n) is 3.97. The second-order valence-electron chi connectivity index (χ2n) is 7.49. The Morgan fingerprint density at radius 1 is 0.929 bits per heavy atom. The van der Waals surface area contributed by atoms with Crippen LogP contribution in [0.15, 0.2) is 35.3 Å². The molecule has 0 aliphatic carbocycles. The number of guanidine groups is 1. The SMILES string of the molecule is I.c1ccc(NC(=NCCc2nnc3n2CCCCC3)N2CCCCC2)cc1. The summed E-state index contributed by atoms with van der Waals surface area (Å²) in [5.41, 5.74) is 1.10. The van der Waals surface area contributed by atoms with Gasteiger partial charge in [-0.05, 0) is 44.2 Å². The Labute approximate surface area is 184 Å². The molecular formula is C21H31IN6. The Balaban J connectivity index is 0.00000225. The molecule has 0 unspecified atom stereocenters. The number of anilines is 1. The summed E-state index contributed by atoms with van der Waals surface area (Å²) in [6.45, 7) is 3.96. The number of nitrogens with zero attached hydrogens (tertiary/aromatic N) is 5. The van der Waals surface area contributed by atoms with Crippen molar-refractivity contribution in [2.24, 2.45) is 4.99 Å². The van der Waals surface area contributed by atoms with Crippen LogP contribution in [0.5, 0.6) is 0 Å². The van der Waals surface area contributed by atoms with Crippen LogP contribution in [0.3, 0.4) is 0 Å². The zero-order valence-electron chi connectivity index (χ0n) is 16.5. The van der Waals surface area contributed by atoms with Crippen molar-refractivity contribution in [1.29, 1.82) is 0 Å². The minimum absolute atomic E-state index is 0. The molecule has 1 aromatic heterocycles. The first-order valence-electron chi connectivity index (χ1n) is 10.4. The van der Waals surface area contributed by atoms with E-state index in [4.69, 9.17) is 4.99 Å². The molecule has 0 spiro atoms. The number of aromatic nitrogens is 3. The lowest BCUT2D eigenvalue weighted by atomic mass is 10.1. The van der Waals surface area contributed by atoms with Crippen molar-refractivity contribution >= 4 is 35.6 Å². The van der Waals surface area contributed by atoms with Crippen LogP contribution in [-0.2, 0) is 19.4 Å². The van der Waals surface area contributed by atoms with Crippen molar-refractivity contribution in [1.82, 2.24) is 19.7 Å². The zero-order chi connectivity index (χ0) is 18.3. The van der Waals surface area contributed by atoms with Crippen LogP contribution in [-0.4, -0.2) is 45.3 Å². The molecule has 2 aliphatic rings. The summed E-state index contributed by atoms with van der Waals surface area (Å²) in [6.07, 6.45) is 9.47. The molecule has 152 valence electrons. The van der Waals surface area contributed by atoms with E-state index in [2.05, 4.69) is 49.2 Å². The van der Waals surface area contributed by atoms with Gasteiger partial charge in [-0.3, -0.25) is 4.99 Å². The number of rotatable bonds is 4. The van der Waals surface area contributed by atoms with Crippen LogP contribution < -0.4 is 5.32 Å². The monoisotopic (exact) mass is 494 g/mol. The summed E-state index contributed by atoms with van der Waals surface area (Å²) in [5, 5.41) is 12.4. The van der Waals surface area contributed by atoms with Crippen LogP contribution in [0.25, 0.3) is 0 Å². The second-order valence-corrected chi connectivity index (χ2v) is 7.49. The minimum atomic E-state index is 0. The molecule has 0 bridgehead atoms. The van der Waals surface area contributed by atoms with Crippen molar-refractivity contribution in [3.63, 3.8) is 0 Å². The fraction of sp³-hybridized carbons (Fsp3) is 0.571. The number of aryl methyl sites for hydroxylation is 1. The third-order valence-corrected chi connectivity index (χ3v) is 5.47. The Morgan fingerprint density at radius 3 is 2.50 bits per heavy atom. The third-order valence-electron chi connectivity index (χ3n) is 5.47. The summed E-state index contributed by atoms with van der Waals surface area (Å²) in [6, 6.07) is 10.3. The lowest BCUT2D eigenvalue weighted by Gasteiger charge is -2.30. The maximum absolute atomic E-state index is 4.94. The number of para-hydroxylation sites is 1. The topological polar surface area (TPSA) is 58.3 Å². The molecule has 1 aromatic carbocycles. The Bertz CT molecular complexity index is 752. The summed E-state index contributed by atoms with van der Waals surface area (Å²) in [4.78, 5) is 7.33. The van der Waals surface area contributed by atoms with Crippen LogP contribution in [0.2, 0.25) is 0 Å². The normalized spacial score (nSPS) is 17.4. The lowest BCUT2D eigenvalue weighted by molar-refractivity contribution is 0.340. The smallest absolute Gasteiger partial charge is 0.198 e. The number of fused-ring (bicyclic) bond motifs is 1. The number of aliphatic imine (C=N–C) groups is 1. The first kappa shape index (κ1) is 21.1. The summed E-state index contributed by atoms with van der Waals surface area (Å²) in [7, 11) is 0. The van der Waals surface area contributed by atoms with E-state index < -0.39 is 0 Å². The van der Waals surface area contributed by atoms with Crippen molar-refractivity contribution in [3.05, 3.63) is 42.0 Å². The molecule has 4 rings (SSSR count). The molecule has 6 nitrogen and oxygen atoms in total. The molecular weight excluding hydrogens is 463 g/mol. The fourth-order valence-corrected chi connectivity index (χ4v) is 3.97. The van der Waals surface area contributed by atoms with Crippen LogP contribution in [0, 0.1) is 0 Å². The van der Waals surface area contributed by atoms with Gasteiger partial charge in [0.1, 0.15) is 11.6 Å². The number of likely N-dealkylation sites (tertiary alicyclic amines) is 1. The number of nitrogens with one attached hydrogen (secondary N) is 1. The number of hydrogen-bond acceptors (Lipinski definition) is 3. The van der Waals surface area contributed by atoms with Crippen molar-refractivity contribution in [2.75, 3.05) is 25.0 Å². The van der Waals surface area contributed by atoms with Gasteiger partial charge in [-0.15, -0.1) is 34.2 Å². The van der Waals surface area contributed by atoms with Gasteiger partial charge in [-0.25, -0.2) is 0 Å². The Kier molecular flexibility index (Phi) is 8.12. The highest BCUT2D eigenvalue weighted by Crippen LogP contribution is 2.16. The number of benzene rings is 1. The molecule has 1 saturated heterocycles. The van der Waals surface area contributed by atoms with Gasteiger partial charge in [0.05, 0.1) is 0 Å². The first-order chi connectivity index (χ1) is 13.4. The standard InChI is InChI=1S/C21H30N6.HI/c1-4-10-18(11-5-1)23-21(26-15-7-3-8-16-26)22-14-13-20-25-24-19-12-6-2-9-17-27(19)20;/h1,4-5,10-11H,2-3,6-9,12-17H2,(H,22,23);1H. The highest BCUT2D eigenvalue weighted by Gasteiger charge is 2.16. The molecule has 2 aromatic rings. The minimum Gasteiger partial charge on any atom is -0.343 e. The van der Waals surface area contributed by atoms with Gasteiger partial charge in [0.25, 0.3) is 0 Å². The Morgan fingerprint density at radius 2 is 1.68 bits per heavy atom. The van der Waals surface area contributed by atoms with Crippen LogP contribution >= 0.6 is 24.0 Å². The molecule has 7 heteroatoms. The van der Waals surface area contributed by atoms with Crippen LogP contribution in [0.4, 0.5) is 5.69 Å². The van der Waals surface area contributed by atoms with E-state index in [1.807, 2.05) is 6.07 Å². The molecule has 2 aliphatic heterocycles. The van der Waals surface area contributed by atoms with E-state index in [9.17, 15) is 0 Å². The highest BCUT2D eigenvalue weighted by atomic mass is 127. The van der Waals surface area contributed by atoms with Gasteiger partial charge in [0, 0.05) is 44.7 Å². The van der Waals surface area contributed by atoms with Gasteiger partial charge < -0.3 is 14.8 Å². The Hall–Kier alpha value is -1.64. The average molecular weight is 494 g/mol. The second kappa shape index (κ2) is 10.8. The maximum Gasteiger partial charge on any atom is 0.198 e. The van der Waals surface area contributed by atoms with Crippen molar-refractivity contribution in [2.45, 2.75) is 57.9 Å². The van der Waals surface area contributed by atoms with Gasteiger partial charge in [0.2, 0.25) is 0 Å². The predicted octanol–water partition coefficient (Wildman–Crippen LogP) is 4.12. The van der Waals surface area contributed by atoms with E-state index in [0.717, 1.165) is 62.3 Å². The number of halogens is 1. The molecule has 0 radical (unpaired) electrons. The van der Waals surface area contributed by atoms with E-state index in [-0.39, 0.29) is 24.0 Å². The quantitative estimate of drug-likeness (QED) is 0.395. The molecule has 1 N–H and O–H groups in total. The predicted molar refractivity (Wildman–Crippen MR) is 124 cm³/mol. The lowest BCUT2D eigenvalue weighted by Crippen LogP contribution is -2.40. The molecule has 0 amide bonds. The summed E-state index contributed by atoms with van der Waals surface area (Å²) in [5.74, 6) is 3.25. The zero-order valence-corrected chi connectivity index (χ0v) is 18.8. The number of hydrogen-bond donors (Lipinski definition) is 1. The summed E-state index contributed by atoms with van der Waals surface area (Å²) < 4.78 is 2.33. The van der Waals surface area contributed by atoms with Gasteiger partial charge in [0.15, 0.2) is 5.96 Å². The van der Waals surface area contributed by atoms with Gasteiger partial charge in [-0.1, -0.05) is 24.6 Å². The maximum atomic E-state index is 4.94. The largest absolute Gasteiger partial charge is 0.343 e. The van der Waals surface area contributed by atoms with Crippen molar-refractivity contribution < 1.29 is 0 Å². The van der Waals surface area contributed by atoms with E-state index >= 15 is 0 Å². The van der Waals surface area contributed by atoms with Gasteiger partial charge >= 0.3 is 0 Å². The van der Waals surface area contributed by atoms with E-state index in [1.54, 1.807) is 0 Å². The van der Waals surface area contributed by atoms with E-state index in [0.29, 0.717) is 0 Å². The average Bonchev–Trinajstić information content (AvgIpc) is 2.95.